The molecule has 1 nitrogen and oxygen atoms in total. The first kappa shape index (κ1) is 17.6. The third kappa shape index (κ3) is 2.97. The van der Waals surface area contributed by atoms with Crippen molar-refractivity contribution in [3.05, 3.63) is 34.9 Å². The van der Waals surface area contributed by atoms with Crippen LogP contribution in [0.25, 0.3) is 0 Å². The van der Waals surface area contributed by atoms with Crippen LogP contribution in [0.1, 0.15) is 85.5 Å². The Labute approximate surface area is 155 Å². The molecule has 1 heterocycles. The molecule has 5 atom stereocenters. The first-order chi connectivity index (χ1) is 11.8. The molecule has 0 unspecified atom stereocenters. The first-order valence-corrected chi connectivity index (χ1v) is 10.6. The molecule has 0 aromatic rings. The largest absolute Gasteiger partial charge is 0.305 e. The molecule has 3 aliphatic carbocycles. The van der Waals surface area contributed by atoms with Crippen molar-refractivity contribution in [2.24, 2.45) is 17.3 Å². The van der Waals surface area contributed by atoms with Gasteiger partial charge in [0.2, 0.25) is 0 Å². The van der Waals surface area contributed by atoms with E-state index in [1.165, 1.54) is 63.4 Å². The highest BCUT2D eigenvalue weighted by Gasteiger charge is 2.46. The average Bonchev–Trinajstić information content (AvgIpc) is 2.94. The van der Waals surface area contributed by atoms with Gasteiger partial charge in [-0.3, -0.25) is 0 Å². The summed E-state index contributed by atoms with van der Waals surface area (Å²) in [5.41, 5.74) is 7.18. The molecule has 138 valence electrons. The lowest BCUT2D eigenvalue weighted by molar-refractivity contribution is 0.172. The van der Waals surface area contributed by atoms with Gasteiger partial charge in [-0.25, -0.2) is 0 Å². The zero-order valence-corrected chi connectivity index (χ0v) is 16.9. The van der Waals surface area contributed by atoms with Crippen molar-refractivity contribution in [2.45, 2.75) is 97.1 Å². The van der Waals surface area contributed by atoms with Crippen LogP contribution in [0.2, 0.25) is 0 Å². The van der Waals surface area contributed by atoms with E-state index >= 15 is 0 Å². The zero-order valence-electron chi connectivity index (χ0n) is 16.9. The summed E-state index contributed by atoms with van der Waals surface area (Å²) in [5, 5.41) is 4.12. The Balaban J connectivity index is 1.58. The molecule has 0 radical (unpaired) electrons. The minimum Gasteiger partial charge on any atom is -0.305 e. The minimum absolute atomic E-state index is 0.398. The number of hydrogen-bond acceptors (Lipinski definition) is 1. The maximum Gasteiger partial charge on any atom is 0.0288 e. The average molecular weight is 340 g/mol. The molecule has 3 fully saturated rings. The number of allylic oxidation sites excluding steroid dienone is 4. The van der Waals surface area contributed by atoms with E-state index in [1.54, 1.807) is 16.7 Å². The fourth-order valence-corrected chi connectivity index (χ4v) is 6.59. The Kier molecular flexibility index (Phi) is 4.30. The second-order valence-corrected chi connectivity index (χ2v) is 10.2. The number of hydrogen-bond donors (Lipinski definition) is 1. The van der Waals surface area contributed by atoms with Crippen LogP contribution >= 0.6 is 0 Å². The Bertz CT molecular complexity index is 638. The van der Waals surface area contributed by atoms with Gasteiger partial charge in [0.25, 0.3) is 0 Å². The van der Waals surface area contributed by atoms with Crippen LogP contribution in [0.3, 0.4) is 0 Å². The van der Waals surface area contributed by atoms with Gasteiger partial charge in [0.15, 0.2) is 0 Å². The topological polar surface area (TPSA) is 12.0 Å². The molecule has 0 aromatic carbocycles. The van der Waals surface area contributed by atoms with Crippen molar-refractivity contribution < 1.29 is 0 Å². The smallest absolute Gasteiger partial charge is 0.0288 e. The van der Waals surface area contributed by atoms with Gasteiger partial charge in [-0.1, -0.05) is 48.3 Å². The van der Waals surface area contributed by atoms with Crippen LogP contribution < -0.4 is 5.32 Å². The van der Waals surface area contributed by atoms with E-state index in [0.717, 1.165) is 5.92 Å². The van der Waals surface area contributed by atoms with Gasteiger partial charge >= 0.3 is 0 Å². The van der Waals surface area contributed by atoms with E-state index in [2.05, 4.69) is 45.7 Å². The number of nitrogens with one attached hydrogen (secondary N) is 1. The second-order valence-electron chi connectivity index (χ2n) is 10.2. The molecular formula is C24H37N. The Hall–Kier alpha value is -0.820. The van der Waals surface area contributed by atoms with Crippen molar-refractivity contribution >= 4 is 0 Å². The predicted molar refractivity (Wildman–Crippen MR) is 108 cm³/mol. The van der Waals surface area contributed by atoms with Crippen molar-refractivity contribution in [1.82, 2.24) is 5.32 Å². The van der Waals surface area contributed by atoms with Gasteiger partial charge in [-0.2, -0.15) is 0 Å². The van der Waals surface area contributed by atoms with Crippen LogP contribution in [0.5, 0.6) is 0 Å². The molecule has 1 aliphatic heterocycles. The van der Waals surface area contributed by atoms with Gasteiger partial charge in [0.05, 0.1) is 0 Å². The third-order valence-corrected chi connectivity index (χ3v) is 8.30. The predicted octanol–water partition coefficient (Wildman–Crippen LogP) is 6.33. The standard InChI is InChI=1S/C24H37N/c1-16(2)18-10-12-23(4)15-19(13-17(3)21(23)14-18)22-9-8-20-7-6-11-24(20,5)25-22/h13,18,20,22,25H,1,6-12,14-15H2,2-5H3/t18-,20+,22+,23+,24+/m1/s1. The molecule has 4 rings (SSSR count). The van der Waals surface area contributed by atoms with Crippen LogP contribution in [0.4, 0.5) is 0 Å². The molecular weight excluding hydrogens is 302 g/mol. The Morgan fingerprint density at radius 1 is 1.16 bits per heavy atom. The van der Waals surface area contributed by atoms with E-state index < -0.39 is 0 Å². The highest BCUT2D eigenvalue weighted by atomic mass is 15.0. The van der Waals surface area contributed by atoms with E-state index in [9.17, 15) is 0 Å². The fraction of sp³-hybridized carbons (Fsp3) is 0.750. The molecule has 1 N–H and O–H groups in total. The van der Waals surface area contributed by atoms with Crippen LogP contribution in [-0.4, -0.2) is 11.6 Å². The molecule has 0 aromatic heterocycles. The number of fused-ring (bicyclic) bond motifs is 2. The maximum absolute atomic E-state index is 4.24. The van der Waals surface area contributed by atoms with Crippen LogP contribution in [0.15, 0.2) is 34.9 Å². The highest BCUT2D eigenvalue weighted by molar-refractivity contribution is 5.41. The SMILES string of the molecule is C=C(C)[C@@H]1CC[C@@]2(C)CC([C@@H]3CC[C@@H]4CCC[C@]4(C)N3)=CC(C)=C2C1. The molecule has 25 heavy (non-hydrogen) atoms. The number of rotatable bonds is 2. The van der Waals surface area contributed by atoms with Gasteiger partial charge in [0, 0.05) is 11.6 Å². The summed E-state index contributed by atoms with van der Waals surface area (Å²) in [6.07, 6.45) is 14.8. The summed E-state index contributed by atoms with van der Waals surface area (Å²) in [6.45, 7) is 13.9. The summed E-state index contributed by atoms with van der Waals surface area (Å²) in [6, 6.07) is 0.617. The summed E-state index contributed by atoms with van der Waals surface area (Å²) < 4.78 is 0. The van der Waals surface area contributed by atoms with Gasteiger partial charge in [-0.15, -0.1) is 0 Å². The summed E-state index contributed by atoms with van der Waals surface area (Å²) >= 11 is 0. The molecule has 0 bridgehead atoms. The molecule has 2 saturated carbocycles. The lowest BCUT2D eigenvalue weighted by Gasteiger charge is -2.48. The van der Waals surface area contributed by atoms with Crippen molar-refractivity contribution in [3.63, 3.8) is 0 Å². The maximum atomic E-state index is 4.24. The van der Waals surface area contributed by atoms with Gasteiger partial charge in [0.1, 0.15) is 0 Å². The lowest BCUT2D eigenvalue weighted by Crippen LogP contribution is -2.55. The van der Waals surface area contributed by atoms with Crippen molar-refractivity contribution in [3.8, 4) is 0 Å². The monoisotopic (exact) mass is 339 g/mol. The third-order valence-electron chi connectivity index (χ3n) is 8.30. The van der Waals surface area contributed by atoms with Gasteiger partial charge < -0.3 is 5.32 Å². The molecule has 0 spiro atoms. The Morgan fingerprint density at radius 2 is 1.96 bits per heavy atom. The van der Waals surface area contributed by atoms with E-state index in [-0.39, 0.29) is 0 Å². The zero-order chi connectivity index (χ0) is 17.8. The lowest BCUT2D eigenvalue weighted by atomic mass is 9.60. The summed E-state index contributed by atoms with van der Waals surface area (Å²) in [7, 11) is 0. The molecule has 4 aliphatic rings. The minimum atomic E-state index is 0.398. The number of piperidine rings is 1. The highest BCUT2D eigenvalue weighted by Crippen LogP contribution is 2.53. The quantitative estimate of drug-likeness (QED) is 0.580. The van der Waals surface area contributed by atoms with E-state index in [4.69, 9.17) is 0 Å². The molecule has 0 amide bonds. The molecule has 1 saturated heterocycles. The normalized spacial score (nSPS) is 44.2. The van der Waals surface area contributed by atoms with Crippen molar-refractivity contribution in [2.75, 3.05) is 0 Å². The summed E-state index contributed by atoms with van der Waals surface area (Å²) in [4.78, 5) is 0. The van der Waals surface area contributed by atoms with Gasteiger partial charge in [-0.05, 0) is 89.4 Å². The van der Waals surface area contributed by atoms with Crippen LogP contribution in [0, 0.1) is 17.3 Å². The van der Waals surface area contributed by atoms with Crippen molar-refractivity contribution in [1.29, 1.82) is 0 Å². The molecule has 1 heteroatoms. The second kappa shape index (κ2) is 6.12. The van der Waals surface area contributed by atoms with E-state index in [0.29, 0.717) is 22.9 Å². The first-order valence-electron chi connectivity index (χ1n) is 10.6. The Morgan fingerprint density at radius 3 is 2.72 bits per heavy atom. The van der Waals surface area contributed by atoms with Crippen LogP contribution in [-0.2, 0) is 0 Å². The summed E-state index contributed by atoms with van der Waals surface area (Å²) in [5.74, 6) is 1.63. The fourth-order valence-electron chi connectivity index (χ4n) is 6.59. The van der Waals surface area contributed by atoms with E-state index in [1.807, 2.05) is 0 Å².